The predicted molar refractivity (Wildman–Crippen MR) is 126 cm³/mol. The summed E-state index contributed by atoms with van der Waals surface area (Å²) in [7, 11) is -3.85. The summed E-state index contributed by atoms with van der Waals surface area (Å²) < 4.78 is 32.4. The van der Waals surface area contributed by atoms with Crippen molar-refractivity contribution < 1.29 is 22.7 Å². The molecule has 0 aliphatic carbocycles. The van der Waals surface area contributed by atoms with Gasteiger partial charge in [0, 0.05) is 12.1 Å². The van der Waals surface area contributed by atoms with Crippen molar-refractivity contribution in [3.63, 3.8) is 0 Å². The van der Waals surface area contributed by atoms with Crippen LogP contribution in [0.1, 0.15) is 24.2 Å². The molecule has 1 aliphatic heterocycles. The minimum atomic E-state index is -3.85. The van der Waals surface area contributed by atoms with E-state index in [0.717, 1.165) is 0 Å². The number of fused-ring (bicyclic) bond motifs is 1. The standard InChI is InChI=1S/C25H24N2O5S/c1-2-32-20-14-12-19(13-15-20)26-24(28)17-27-21-10-6-7-11-22(21)33(30,31)23(16-25(27)29)18-8-4-3-5-9-18/h3-15,23H,2,16-17H2,1H3,(H,26,28)/t23-/m0/s1. The monoisotopic (exact) mass is 464 g/mol. The van der Waals surface area contributed by atoms with E-state index in [2.05, 4.69) is 5.32 Å². The summed E-state index contributed by atoms with van der Waals surface area (Å²) in [6, 6.07) is 21.9. The van der Waals surface area contributed by atoms with E-state index in [1.54, 1.807) is 72.8 Å². The first-order valence-electron chi connectivity index (χ1n) is 10.6. The van der Waals surface area contributed by atoms with Gasteiger partial charge >= 0.3 is 0 Å². The van der Waals surface area contributed by atoms with E-state index in [1.165, 1.54) is 11.0 Å². The molecule has 1 heterocycles. The highest BCUT2D eigenvalue weighted by Gasteiger charge is 2.39. The van der Waals surface area contributed by atoms with Crippen LogP contribution >= 0.6 is 0 Å². The molecule has 8 heteroatoms. The number of para-hydroxylation sites is 1. The fraction of sp³-hybridized carbons (Fsp3) is 0.200. The quantitative estimate of drug-likeness (QED) is 0.596. The zero-order valence-corrected chi connectivity index (χ0v) is 18.9. The molecule has 1 atom stereocenters. The topological polar surface area (TPSA) is 92.8 Å². The van der Waals surface area contributed by atoms with Crippen LogP contribution in [0.25, 0.3) is 0 Å². The second-order valence-electron chi connectivity index (χ2n) is 7.60. The van der Waals surface area contributed by atoms with E-state index in [0.29, 0.717) is 23.6 Å². The van der Waals surface area contributed by atoms with Crippen LogP contribution in [0.2, 0.25) is 0 Å². The average molecular weight is 465 g/mol. The molecular weight excluding hydrogens is 440 g/mol. The van der Waals surface area contributed by atoms with Crippen LogP contribution in [0.4, 0.5) is 11.4 Å². The fourth-order valence-corrected chi connectivity index (χ4v) is 5.79. The lowest BCUT2D eigenvalue weighted by Gasteiger charge is -2.22. The lowest BCUT2D eigenvalue weighted by molar-refractivity contribution is -0.121. The zero-order valence-electron chi connectivity index (χ0n) is 18.1. The van der Waals surface area contributed by atoms with Gasteiger partial charge in [-0.15, -0.1) is 0 Å². The fourth-order valence-electron chi connectivity index (χ4n) is 3.87. The second kappa shape index (κ2) is 9.46. The summed E-state index contributed by atoms with van der Waals surface area (Å²) in [5, 5.41) is 1.73. The van der Waals surface area contributed by atoms with Crippen LogP contribution in [0, 0.1) is 0 Å². The Morgan fingerprint density at radius 3 is 2.36 bits per heavy atom. The van der Waals surface area contributed by atoms with E-state index in [-0.39, 0.29) is 23.5 Å². The minimum absolute atomic E-state index is 0.0403. The maximum absolute atomic E-state index is 13.5. The Labute approximate surface area is 192 Å². The Morgan fingerprint density at radius 1 is 1.00 bits per heavy atom. The van der Waals surface area contributed by atoms with Crippen molar-refractivity contribution >= 4 is 33.0 Å². The number of carbonyl (C=O) groups excluding carboxylic acids is 2. The molecule has 170 valence electrons. The largest absolute Gasteiger partial charge is 0.494 e. The first-order valence-corrected chi connectivity index (χ1v) is 12.2. The maximum atomic E-state index is 13.5. The number of benzene rings is 3. The summed E-state index contributed by atoms with van der Waals surface area (Å²) in [5.74, 6) is -0.179. The highest BCUT2D eigenvalue weighted by Crippen LogP contribution is 2.40. The number of amides is 2. The third-order valence-corrected chi connectivity index (χ3v) is 7.57. The molecule has 2 amide bonds. The maximum Gasteiger partial charge on any atom is 0.244 e. The number of anilines is 2. The molecule has 33 heavy (non-hydrogen) atoms. The molecular formula is C25H24N2O5S. The molecule has 1 N–H and O–H groups in total. The molecule has 3 aromatic carbocycles. The van der Waals surface area contributed by atoms with Crippen molar-refractivity contribution in [3.05, 3.63) is 84.4 Å². The molecule has 0 aromatic heterocycles. The van der Waals surface area contributed by atoms with Crippen molar-refractivity contribution in [1.29, 1.82) is 0 Å². The Morgan fingerprint density at radius 2 is 1.67 bits per heavy atom. The summed E-state index contributed by atoms with van der Waals surface area (Å²) >= 11 is 0. The van der Waals surface area contributed by atoms with Crippen molar-refractivity contribution in [2.75, 3.05) is 23.4 Å². The Hall–Kier alpha value is -3.65. The van der Waals surface area contributed by atoms with Gasteiger partial charge in [0.15, 0.2) is 9.84 Å². The SMILES string of the molecule is CCOc1ccc(NC(=O)CN2C(=O)C[C@@H](c3ccccc3)S(=O)(=O)c3ccccc32)cc1. The van der Waals surface area contributed by atoms with Gasteiger partial charge in [0.2, 0.25) is 11.8 Å². The van der Waals surface area contributed by atoms with Crippen LogP contribution in [0.3, 0.4) is 0 Å². The average Bonchev–Trinajstić information content (AvgIpc) is 2.90. The first-order chi connectivity index (χ1) is 15.9. The summed E-state index contributed by atoms with van der Waals surface area (Å²) in [6.07, 6.45) is -0.253. The molecule has 0 radical (unpaired) electrons. The number of nitrogens with one attached hydrogen (secondary N) is 1. The normalized spacial score (nSPS) is 17.1. The van der Waals surface area contributed by atoms with Crippen molar-refractivity contribution in [2.45, 2.75) is 23.5 Å². The van der Waals surface area contributed by atoms with Crippen LogP contribution in [-0.4, -0.2) is 33.4 Å². The van der Waals surface area contributed by atoms with Crippen LogP contribution in [0.15, 0.2) is 83.8 Å². The predicted octanol–water partition coefficient (Wildman–Crippen LogP) is 3.98. The van der Waals surface area contributed by atoms with Crippen LogP contribution in [0.5, 0.6) is 5.75 Å². The summed E-state index contributed by atoms with van der Waals surface area (Å²) in [4.78, 5) is 27.3. The Kier molecular flexibility index (Phi) is 6.46. The number of hydrogen-bond donors (Lipinski definition) is 1. The van der Waals surface area contributed by atoms with E-state index >= 15 is 0 Å². The smallest absolute Gasteiger partial charge is 0.244 e. The molecule has 0 spiro atoms. The van der Waals surface area contributed by atoms with Crippen LogP contribution in [-0.2, 0) is 19.4 Å². The number of carbonyl (C=O) groups is 2. The van der Waals surface area contributed by atoms with Gasteiger partial charge in [-0.1, -0.05) is 42.5 Å². The van der Waals surface area contributed by atoms with Crippen molar-refractivity contribution in [3.8, 4) is 5.75 Å². The van der Waals surface area contributed by atoms with E-state index in [1.807, 2.05) is 6.92 Å². The van der Waals surface area contributed by atoms with E-state index in [4.69, 9.17) is 4.74 Å². The molecule has 0 saturated heterocycles. The number of ether oxygens (including phenoxy) is 1. The minimum Gasteiger partial charge on any atom is -0.494 e. The molecule has 0 fully saturated rings. The van der Waals surface area contributed by atoms with Gasteiger partial charge in [-0.05, 0) is 48.9 Å². The first kappa shape index (κ1) is 22.5. The van der Waals surface area contributed by atoms with E-state index in [9.17, 15) is 18.0 Å². The molecule has 0 bridgehead atoms. The third kappa shape index (κ3) is 4.75. The highest BCUT2D eigenvalue weighted by molar-refractivity contribution is 7.92. The third-order valence-electron chi connectivity index (χ3n) is 5.42. The molecule has 3 aromatic rings. The lowest BCUT2D eigenvalue weighted by Crippen LogP contribution is -2.38. The van der Waals surface area contributed by atoms with Gasteiger partial charge in [-0.3, -0.25) is 9.59 Å². The Bertz CT molecular complexity index is 1260. The molecule has 7 nitrogen and oxygen atoms in total. The zero-order chi connectivity index (χ0) is 23.4. The Balaban J connectivity index is 1.62. The van der Waals surface area contributed by atoms with Crippen LogP contribution < -0.4 is 15.0 Å². The summed E-state index contributed by atoms with van der Waals surface area (Å²) in [6.45, 7) is 2.11. The number of hydrogen-bond acceptors (Lipinski definition) is 5. The molecule has 1 aliphatic rings. The van der Waals surface area contributed by atoms with Gasteiger partial charge < -0.3 is 15.0 Å². The lowest BCUT2D eigenvalue weighted by atomic mass is 10.1. The van der Waals surface area contributed by atoms with Gasteiger partial charge in [0.1, 0.15) is 12.3 Å². The van der Waals surface area contributed by atoms with Crippen molar-refractivity contribution in [2.24, 2.45) is 0 Å². The molecule has 0 unspecified atom stereocenters. The highest BCUT2D eigenvalue weighted by atomic mass is 32.2. The van der Waals surface area contributed by atoms with Gasteiger partial charge in [0.25, 0.3) is 0 Å². The van der Waals surface area contributed by atoms with E-state index < -0.39 is 26.9 Å². The van der Waals surface area contributed by atoms with Crippen molar-refractivity contribution in [1.82, 2.24) is 0 Å². The second-order valence-corrected chi connectivity index (χ2v) is 9.70. The number of sulfone groups is 1. The van der Waals surface area contributed by atoms with Gasteiger partial charge in [-0.2, -0.15) is 0 Å². The number of nitrogens with zero attached hydrogens (tertiary/aromatic N) is 1. The molecule has 4 rings (SSSR count). The van der Waals surface area contributed by atoms with Gasteiger partial charge in [0.05, 0.1) is 22.4 Å². The number of rotatable bonds is 6. The van der Waals surface area contributed by atoms with Gasteiger partial charge in [-0.25, -0.2) is 8.42 Å². The summed E-state index contributed by atoms with van der Waals surface area (Å²) in [5.41, 5.74) is 1.30. The molecule has 0 saturated carbocycles.